The van der Waals surface area contributed by atoms with Gasteiger partial charge in [0.2, 0.25) is 5.91 Å². The number of carbonyl (C=O) groups is 1. The van der Waals surface area contributed by atoms with E-state index in [1.54, 1.807) is 25.3 Å². The van der Waals surface area contributed by atoms with Crippen molar-refractivity contribution in [3.8, 4) is 0 Å². The van der Waals surface area contributed by atoms with Gasteiger partial charge in [0.15, 0.2) is 0 Å². The number of hydrogen-bond donors (Lipinski definition) is 1. The second-order valence-electron chi connectivity index (χ2n) is 5.33. The number of pyridine rings is 1. The van der Waals surface area contributed by atoms with Crippen LogP contribution in [0.2, 0.25) is 0 Å². The van der Waals surface area contributed by atoms with E-state index in [0.29, 0.717) is 5.56 Å². The monoisotopic (exact) mass is 298 g/mol. The lowest BCUT2D eigenvalue weighted by Crippen LogP contribution is -2.28. The summed E-state index contributed by atoms with van der Waals surface area (Å²) in [6.45, 7) is 5.91. The second-order valence-corrected chi connectivity index (χ2v) is 5.33. The van der Waals surface area contributed by atoms with Gasteiger partial charge in [0, 0.05) is 17.4 Å². The molecule has 0 aliphatic heterocycles. The van der Waals surface area contributed by atoms with Gasteiger partial charge in [-0.15, -0.1) is 0 Å². The van der Waals surface area contributed by atoms with E-state index in [0.717, 1.165) is 29.7 Å². The van der Waals surface area contributed by atoms with Gasteiger partial charge < -0.3 is 9.88 Å². The van der Waals surface area contributed by atoms with Crippen molar-refractivity contribution in [3.63, 3.8) is 0 Å². The number of aryl methyl sites for hydroxylation is 3. The molecule has 0 saturated carbocycles. The SMILES string of the molecule is CCc1cccc(CC)c1NC(=O)Cn1cccc(C)c1=O. The van der Waals surface area contributed by atoms with Crippen LogP contribution in [0.5, 0.6) is 0 Å². The Bertz CT molecular complexity index is 710. The maximum absolute atomic E-state index is 12.3. The third-order valence-electron chi connectivity index (χ3n) is 3.79. The molecule has 0 fully saturated rings. The predicted molar refractivity (Wildman–Crippen MR) is 89.3 cm³/mol. The summed E-state index contributed by atoms with van der Waals surface area (Å²) in [6, 6.07) is 9.58. The Labute approximate surface area is 130 Å². The molecule has 2 aromatic rings. The zero-order chi connectivity index (χ0) is 16.1. The van der Waals surface area contributed by atoms with Crippen molar-refractivity contribution >= 4 is 11.6 Å². The van der Waals surface area contributed by atoms with E-state index in [4.69, 9.17) is 0 Å². The molecule has 2 rings (SSSR count). The van der Waals surface area contributed by atoms with Crippen LogP contribution in [0.3, 0.4) is 0 Å². The van der Waals surface area contributed by atoms with Gasteiger partial charge >= 0.3 is 0 Å². The largest absolute Gasteiger partial charge is 0.324 e. The summed E-state index contributed by atoms with van der Waals surface area (Å²) in [5, 5.41) is 2.98. The Morgan fingerprint density at radius 2 is 1.73 bits per heavy atom. The van der Waals surface area contributed by atoms with Crippen LogP contribution in [-0.2, 0) is 24.2 Å². The molecule has 0 aliphatic carbocycles. The number of anilines is 1. The summed E-state index contributed by atoms with van der Waals surface area (Å²) < 4.78 is 1.44. The van der Waals surface area contributed by atoms with Gasteiger partial charge in [-0.1, -0.05) is 38.1 Å². The molecule has 0 unspecified atom stereocenters. The molecule has 0 radical (unpaired) electrons. The minimum Gasteiger partial charge on any atom is -0.324 e. The zero-order valence-corrected chi connectivity index (χ0v) is 13.3. The van der Waals surface area contributed by atoms with Crippen LogP contribution < -0.4 is 10.9 Å². The number of hydrogen-bond acceptors (Lipinski definition) is 2. The van der Waals surface area contributed by atoms with E-state index >= 15 is 0 Å². The molecule has 0 bridgehead atoms. The molecule has 0 spiro atoms. The van der Waals surface area contributed by atoms with Crippen molar-refractivity contribution in [1.29, 1.82) is 0 Å². The Morgan fingerprint density at radius 3 is 2.32 bits per heavy atom. The van der Waals surface area contributed by atoms with Gasteiger partial charge in [-0.2, -0.15) is 0 Å². The highest BCUT2D eigenvalue weighted by Gasteiger charge is 2.11. The molecule has 1 heterocycles. The van der Waals surface area contributed by atoms with E-state index < -0.39 is 0 Å². The Morgan fingerprint density at radius 1 is 1.09 bits per heavy atom. The third kappa shape index (κ3) is 3.45. The summed E-state index contributed by atoms with van der Waals surface area (Å²) >= 11 is 0. The molecule has 4 nitrogen and oxygen atoms in total. The van der Waals surface area contributed by atoms with E-state index in [9.17, 15) is 9.59 Å². The molecule has 1 aromatic heterocycles. The average Bonchev–Trinajstić information content (AvgIpc) is 2.52. The first-order valence-corrected chi connectivity index (χ1v) is 7.63. The molecular formula is C18H22N2O2. The highest BCUT2D eigenvalue weighted by molar-refractivity contribution is 5.92. The lowest BCUT2D eigenvalue weighted by molar-refractivity contribution is -0.116. The molecule has 0 atom stereocenters. The van der Waals surface area contributed by atoms with Crippen LogP contribution in [-0.4, -0.2) is 10.5 Å². The van der Waals surface area contributed by atoms with Crippen molar-refractivity contribution in [2.24, 2.45) is 0 Å². The lowest BCUT2D eigenvalue weighted by Gasteiger charge is -2.15. The topological polar surface area (TPSA) is 51.1 Å². The first kappa shape index (κ1) is 16.0. The summed E-state index contributed by atoms with van der Waals surface area (Å²) in [6.07, 6.45) is 3.35. The van der Waals surface area contributed by atoms with Crippen molar-refractivity contribution in [3.05, 3.63) is 63.6 Å². The Hall–Kier alpha value is -2.36. The zero-order valence-electron chi connectivity index (χ0n) is 13.3. The highest BCUT2D eigenvalue weighted by atomic mass is 16.2. The number of amides is 1. The predicted octanol–water partition coefficient (Wildman–Crippen LogP) is 2.92. The Balaban J connectivity index is 2.23. The fourth-order valence-electron chi connectivity index (χ4n) is 2.52. The van der Waals surface area contributed by atoms with Crippen molar-refractivity contribution in [2.45, 2.75) is 40.2 Å². The van der Waals surface area contributed by atoms with E-state index in [1.165, 1.54) is 4.57 Å². The molecule has 0 saturated heterocycles. The van der Waals surface area contributed by atoms with E-state index in [-0.39, 0.29) is 18.0 Å². The summed E-state index contributed by atoms with van der Waals surface area (Å²) in [4.78, 5) is 24.3. The molecule has 0 aliphatic rings. The quantitative estimate of drug-likeness (QED) is 0.922. The van der Waals surface area contributed by atoms with Gasteiger partial charge in [-0.3, -0.25) is 9.59 Å². The molecule has 116 valence electrons. The van der Waals surface area contributed by atoms with Crippen LogP contribution in [0.1, 0.15) is 30.5 Å². The first-order valence-electron chi connectivity index (χ1n) is 7.63. The van der Waals surface area contributed by atoms with Gasteiger partial charge in [0.25, 0.3) is 5.56 Å². The van der Waals surface area contributed by atoms with Crippen LogP contribution >= 0.6 is 0 Å². The number of nitrogens with one attached hydrogen (secondary N) is 1. The van der Waals surface area contributed by atoms with Gasteiger partial charge in [0.1, 0.15) is 6.54 Å². The number of rotatable bonds is 5. The van der Waals surface area contributed by atoms with Gasteiger partial charge in [-0.25, -0.2) is 0 Å². The Kier molecular flexibility index (Phi) is 5.15. The number of aromatic nitrogens is 1. The first-order chi connectivity index (χ1) is 10.6. The minimum atomic E-state index is -0.177. The summed E-state index contributed by atoms with van der Waals surface area (Å²) in [5.74, 6) is -0.177. The normalized spacial score (nSPS) is 10.5. The molecule has 22 heavy (non-hydrogen) atoms. The van der Waals surface area contributed by atoms with Crippen LogP contribution in [0, 0.1) is 6.92 Å². The third-order valence-corrected chi connectivity index (χ3v) is 3.79. The van der Waals surface area contributed by atoms with Crippen molar-refractivity contribution in [2.75, 3.05) is 5.32 Å². The number of nitrogens with zero attached hydrogens (tertiary/aromatic N) is 1. The highest BCUT2D eigenvalue weighted by Crippen LogP contribution is 2.22. The minimum absolute atomic E-state index is 0.0295. The van der Waals surface area contributed by atoms with Gasteiger partial charge in [-0.05, 0) is 37.0 Å². The fourth-order valence-corrected chi connectivity index (χ4v) is 2.52. The van der Waals surface area contributed by atoms with E-state index in [2.05, 4.69) is 19.2 Å². The number of benzene rings is 1. The molecule has 1 N–H and O–H groups in total. The summed E-state index contributed by atoms with van der Waals surface area (Å²) in [5.41, 5.74) is 3.63. The smallest absolute Gasteiger partial charge is 0.253 e. The average molecular weight is 298 g/mol. The van der Waals surface area contributed by atoms with E-state index in [1.807, 2.05) is 18.2 Å². The van der Waals surface area contributed by atoms with Crippen LogP contribution in [0.4, 0.5) is 5.69 Å². The fraction of sp³-hybridized carbons (Fsp3) is 0.333. The maximum Gasteiger partial charge on any atom is 0.253 e. The second kappa shape index (κ2) is 7.07. The lowest BCUT2D eigenvalue weighted by atomic mass is 10.0. The van der Waals surface area contributed by atoms with Crippen LogP contribution in [0.25, 0.3) is 0 Å². The van der Waals surface area contributed by atoms with Crippen LogP contribution in [0.15, 0.2) is 41.3 Å². The molecule has 1 amide bonds. The molecule has 1 aromatic carbocycles. The number of para-hydroxylation sites is 1. The van der Waals surface area contributed by atoms with Crippen molar-refractivity contribution in [1.82, 2.24) is 4.57 Å². The molecular weight excluding hydrogens is 276 g/mol. The van der Waals surface area contributed by atoms with Crippen molar-refractivity contribution < 1.29 is 4.79 Å². The maximum atomic E-state index is 12.3. The standard InChI is InChI=1S/C18H22N2O2/c1-4-14-9-6-10-15(5-2)17(14)19-16(21)12-20-11-7-8-13(3)18(20)22/h6-11H,4-5,12H2,1-3H3,(H,19,21). The summed E-state index contributed by atoms with van der Waals surface area (Å²) in [7, 11) is 0. The van der Waals surface area contributed by atoms with Gasteiger partial charge in [0.05, 0.1) is 0 Å². The molecule has 4 heteroatoms. The number of carbonyl (C=O) groups excluding carboxylic acids is 1.